The monoisotopic (exact) mass is 343 g/mol. The maximum absolute atomic E-state index is 14.1. The fourth-order valence-corrected chi connectivity index (χ4v) is 3.05. The van der Waals surface area contributed by atoms with Crippen LogP contribution in [0.25, 0.3) is 0 Å². The molecule has 5 heteroatoms. The Morgan fingerprint density at radius 1 is 1.40 bits per heavy atom. The van der Waals surface area contributed by atoms with Gasteiger partial charge in [0.05, 0.1) is 5.92 Å². The second-order valence-corrected chi connectivity index (χ2v) is 7.21. The van der Waals surface area contributed by atoms with Crippen LogP contribution in [0.15, 0.2) is 22.7 Å². The highest BCUT2D eigenvalue weighted by molar-refractivity contribution is 9.10. The zero-order chi connectivity index (χ0) is 15.1. The molecule has 0 aliphatic carbocycles. The molecule has 0 amide bonds. The quantitative estimate of drug-likeness (QED) is 0.893. The van der Waals surface area contributed by atoms with Crippen LogP contribution < -0.4 is 0 Å². The van der Waals surface area contributed by atoms with Crippen LogP contribution in [-0.2, 0) is 4.79 Å². The van der Waals surface area contributed by atoms with Gasteiger partial charge in [0.2, 0.25) is 0 Å². The lowest BCUT2D eigenvalue weighted by molar-refractivity contribution is -0.141. The van der Waals surface area contributed by atoms with Crippen LogP contribution in [0.2, 0.25) is 0 Å². The SMILES string of the molecule is CC(C)(C)N1C[C@H](C(=O)O)[C@@H](c2ccc(Br)cc2F)C1. The number of benzene rings is 1. The van der Waals surface area contributed by atoms with Crippen LogP contribution in [0.3, 0.4) is 0 Å². The van der Waals surface area contributed by atoms with Gasteiger partial charge in [-0.1, -0.05) is 22.0 Å². The molecule has 0 saturated carbocycles. The van der Waals surface area contributed by atoms with Gasteiger partial charge < -0.3 is 5.11 Å². The summed E-state index contributed by atoms with van der Waals surface area (Å²) in [5.41, 5.74) is 0.376. The molecule has 110 valence electrons. The molecule has 3 nitrogen and oxygen atoms in total. The Balaban J connectivity index is 2.35. The number of rotatable bonds is 2. The first-order valence-corrected chi connectivity index (χ1v) is 7.42. The van der Waals surface area contributed by atoms with Crippen molar-refractivity contribution >= 4 is 21.9 Å². The summed E-state index contributed by atoms with van der Waals surface area (Å²) in [5, 5.41) is 9.42. The third kappa shape index (κ3) is 3.04. The Hall–Kier alpha value is -0.940. The average Bonchev–Trinajstić information content (AvgIpc) is 2.73. The van der Waals surface area contributed by atoms with Gasteiger partial charge in [0.15, 0.2) is 0 Å². The van der Waals surface area contributed by atoms with Gasteiger partial charge in [-0.15, -0.1) is 0 Å². The standard InChI is InChI=1S/C15H19BrFNO2/c1-15(2,3)18-7-11(12(8-18)14(19)20)10-5-4-9(16)6-13(10)17/h4-6,11-12H,7-8H2,1-3H3,(H,19,20)/t11-,12+/m1/s1. The van der Waals surface area contributed by atoms with Crippen molar-refractivity contribution in [3.05, 3.63) is 34.1 Å². The fourth-order valence-electron chi connectivity index (χ4n) is 2.72. The number of hydrogen-bond donors (Lipinski definition) is 1. The number of carbonyl (C=O) groups is 1. The van der Waals surface area contributed by atoms with E-state index in [9.17, 15) is 14.3 Å². The number of nitrogens with zero attached hydrogens (tertiary/aromatic N) is 1. The molecule has 1 aliphatic rings. The largest absolute Gasteiger partial charge is 0.481 e. The smallest absolute Gasteiger partial charge is 0.308 e. The third-order valence-corrected chi connectivity index (χ3v) is 4.44. The predicted octanol–water partition coefficient (Wildman–Crippen LogP) is 3.49. The van der Waals surface area contributed by atoms with Gasteiger partial charge in [0, 0.05) is 29.0 Å². The zero-order valence-electron chi connectivity index (χ0n) is 11.9. The topological polar surface area (TPSA) is 40.5 Å². The number of aliphatic carboxylic acids is 1. The first-order chi connectivity index (χ1) is 9.20. The maximum Gasteiger partial charge on any atom is 0.308 e. The molecule has 1 aromatic rings. The fraction of sp³-hybridized carbons (Fsp3) is 0.533. The molecule has 1 aromatic carbocycles. The van der Waals surface area contributed by atoms with Crippen LogP contribution in [-0.4, -0.2) is 34.6 Å². The first-order valence-electron chi connectivity index (χ1n) is 6.63. The van der Waals surface area contributed by atoms with E-state index in [-0.39, 0.29) is 17.3 Å². The summed E-state index contributed by atoms with van der Waals surface area (Å²) in [6, 6.07) is 4.84. The van der Waals surface area contributed by atoms with Crippen molar-refractivity contribution in [1.82, 2.24) is 4.90 Å². The zero-order valence-corrected chi connectivity index (χ0v) is 13.4. The molecular formula is C15H19BrFNO2. The number of carboxylic acid groups (broad SMARTS) is 1. The van der Waals surface area contributed by atoms with Crippen LogP contribution in [0.5, 0.6) is 0 Å². The van der Waals surface area contributed by atoms with E-state index in [2.05, 4.69) is 20.8 Å². The molecule has 0 unspecified atom stereocenters. The minimum Gasteiger partial charge on any atom is -0.481 e. The molecular weight excluding hydrogens is 325 g/mol. The summed E-state index contributed by atoms with van der Waals surface area (Å²) in [6.45, 7) is 7.17. The van der Waals surface area contributed by atoms with Gasteiger partial charge in [-0.3, -0.25) is 9.69 Å². The molecule has 0 spiro atoms. The molecule has 2 atom stereocenters. The van der Waals surface area contributed by atoms with Crippen LogP contribution in [0, 0.1) is 11.7 Å². The summed E-state index contributed by atoms with van der Waals surface area (Å²) in [5.74, 6) is -2.07. The molecule has 20 heavy (non-hydrogen) atoms. The van der Waals surface area contributed by atoms with Gasteiger partial charge in [-0.05, 0) is 38.5 Å². The normalized spacial score (nSPS) is 24.1. The number of likely N-dealkylation sites (tertiary alicyclic amines) is 1. The lowest BCUT2D eigenvalue weighted by Gasteiger charge is -2.31. The van der Waals surface area contributed by atoms with E-state index < -0.39 is 11.9 Å². The van der Waals surface area contributed by atoms with Gasteiger partial charge >= 0.3 is 5.97 Å². The minimum absolute atomic E-state index is 0.117. The molecule has 1 saturated heterocycles. The van der Waals surface area contributed by atoms with E-state index in [4.69, 9.17) is 0 Å². The Morgan fingerprint density at radius 2 is 2.05 bits per heavy atom. The Bertz CT molecular complexity index is 527. The van der Waals surface area contributed by atoms with E-state index in [1.165, 1.54) is 6.07 Å². The molecule has 1 N–H and O–H groups in total. The molecule has 0 aromatic heterocycles. The summed E-state index contributed by atoms with van der Waals surface area (Å²) in [7, 11) is 0. The van der Waals surface area contributed by atoms with E-state index in [0.717, 1.165) is 0 Å². The Morgan fingerprint density at radius 3 is 2.55 bits per heavy atom. The summed E-state index contributed by atoms with van der Waals surface area (Å²) in [4.78, 5) is 13.6. The minimum atomic E-state index is -0.857. The van der Waals surface area contributed by atoms with Crippen LogP contribution >= 0.6 is 15.9 Å². The van der Waals surface area contributed by atoms with E-state index in [1.807, 2.05) is 20.8 Å². The highest BCUT2D eigenvalue weighted by atomic mass is 79.9. The van der Waals surface area contributed by atoms with Crippen LogP contribution in [0.4, 0.5) is 4.39 Å². The van der Waals surface area contributed by atoms with Crippen molar-refractivity contribution in [2.45, 2.75) is 32.2 Å². The van der Waals surface area contributed by atoms with Crippen molar-refractivity contribution < 1.29 is 14.3 Å². The maximum atomic E-state index is 14.1. The molecule has 2 rings (SSSR count). The highest BCUT2D eigenvalue weighted by Crippen LogP contribution is 2.37. The van der Waals surface area contributed by atoms with Crippen LogP contribution in [0.1, 0.15) is 32.3 Å². The Kier molecular flexibility index (Phi) is 4.21. The number of carboxylic acids is 1. The Labute approximate surface area is 126 Å². The number of halogens is 2. The second-order valence-electron chi connectivity index (χ2n) is 6.29. The van der Waals surface area contributed by atoms with Gasteiger partial charge in [0.1, 0.15) is 5.82 Å². The molecule has 1 aliphatic heterocycles. The number of hydrogen-bond acceptors (Lipinski definition) is 2. The molecule has 1 fully saturated rings. The average molecular weight is 344 g/mol. The predicted molar refractivity (Wildman–Crippen MR) is 79.3 cm³/mol. The van der Waals surface area contributed by atoms with Crippen molar-refractivity contribution in [1.29, 1.82) is 0 Å². The van der Waals surface area contributed by atoms with Crippen molar-refractivity contribution in [2.75, 3.05) is 13.1 Å². The first kappa shape index (κ1) is 15.4. The lowest BCUT2D eigenvalue weighted by Crippen LogP contribution is -2.40. The summed E-state index contributed by atoms with van der Waals surface area (Å²) < 4.78 is 14.8. The van der Waals surface area contributed by atoms with E-state index >= 15 is 0 Å². The molecule has 0 bridgehead atoms. The van der Waals surface area contributed by atoms with Crippen molar-refractivity contribution in [3.63, 3.8) is 0 Å². The molecule has 0 radical (unpaired) electrons. The highest BCUT2D eigenvalue weighted by Gasteiger charge is 2.42. The van der Waals surface area contributed by atoms with E-state index in [0.29, 0.717) is 23.1 Å². The van der Waals surface area contributed by atoms with Gasteiger partial charge in [0.25, 0.3) is 0 Å². The van der Waals surface area contributed by atoms with Gasteiger partial charge in [-0.25, -0.2) is 4.39 Å². The second kappa shape index (κ2) is 5.45. The molecule has 1 heterocycles. The van der Waals surface area contributed by atoms with E-state index in [1.54, 1.807) is 12.1 Å². The summed E-state index contributed by atoms with van der Waals surface area (Å²) in [6.07, 6.45) is 0. The summed E-state index contributed by atoms with van der Waals surface area (Å²) >= 11 is 3.23. The van der Waals surface area contributed by atoms with Gasteiger partial charge in [-0.2, -0.15) is 0 Å². The van der Waals surface area contributed by atoms with Crippen molar-refractivity contribution in [3.8, 4) is 0 Å². The van der Waals surface area contributed by atoms with Crippen molar-refractivity contribution in [2.24, 2.45) is 5.92 Å². The third-order valence-electron chi connectivity index (χ3n) is 3.95. The lowest BCUT2D eigenvalue weighted by atomic mass is 9.89.